The molecule has 0 aliphatic rings. The van der Waals surface area contributed by atoms with Crippen LogP contribution in [-0.2, 0) is 4.79 Å². The molecule has 1 N–H and O–H groups in total. The van der Waals surface area contributed by atoms with E-state index in [0.29, 0.717) is 5.69 Å². The second-order valence-electron chi connectivity index (χ2n) is 4.66. The molecule has 106 valence electrons. The number of furan rings is 1. The van der Waals surface area contributed by atoms with Gasteiger partial charge in [0.15, 0.2) is 0 Å². The average Bonchev–Trinajstić information content (AvgIpc) is 3.19. The number of hydrogen-bond acceptors (Lipinski definition) is 3. The summed E-state index contributed by atoms with van der Waals surface area (Å²) in [4.78, 5) is 16.2. The van der Waals surface area contributed by atoms with E-state index in [0.717, 1.165) is 5.76 Å². The van der Waals surface area contributed by atoms with Gasteiger partial charge in [-0.15, -0.1) is 0 Å². The molecule has 1 amide bonds. The lowest BCUT2D eigenvalue weighted by Crippen LogP contribution is -2.19. The Kier molecular flexibility index (Phi) is 3.82. The highest BCUT2D eigenvalue weighted by molar-refractivity contribution is 5.90. The van der Waals surface area contributed by atoms with Gasteiger partial charge in [0.25, 0.3) is 0 Å². The van der Waals surface area contributed by atoms with Crippen molar-refractivity contribution < 1.29 is 9.21 Å². The van der Waals surface area contributed by atoms with E-state index in [1.165, 1.54) is 0 Å². The molecule has 5 heteroatoms. The van der Waals surface area contributed by atoms with Crippen LogP contribution in [0.2, 0.25) is 0 Å². The van der Waals surface area contributed by atoms with E-state index in [4.69, 9.17) is 4.42 Å². The minimum Gasteiger partial charge on any atom is -0.467 e. The van der Waals surface area contributed by atoms with Crippen molar-refractivity contribution in [2.45, 2.75) is 12.5 Å². The Labute approximate surface area is 122 Å². The van der Waals surface area contributed by atoms with Gasteiger partial charge in [-0.2, -0.15) is 0 Å². The predicted octanol–water partition coefficient (Wildman–Crippen LogP) is 3.09. The topological polar surface area (TPSA) is 60.1 Å². The number of amides is 1. The molecule has 0 aromatic carbocycles. The van der Waals surface area contributed by atoms with Crippen molar-refractivity contribution >= 4 is 11.6 Å². The van der Waals surface area contributed by atoms with Crippen molar-refractivity contribution in [3.05, 3.63) is 73.2 Å². The third kappa shape index (κ3) is 3.20. The molecule has 0 bridgehead atoms. The fourth-order valence-corrected chi connectivity index (χ4v) is 2.21. The number of anilines is 1. The van der Waals surface area contributed by atoms with E-state index >= 15 is 0 Å². The first-order chi connectivity index (χ1) is 10.3. The zero-order chi connectivity index (χ0) is 14.5. The van der Waals surface area contributed by atoms with Crippen LogP contribution >= 0.6 is 0 Å². The molecule has 21 heavy (non-hydrogen) atoms. The van der Waals surface area contributed by atoms with Crippen LogP contribution in [0.4, 0.5) is 5.69 Å². The smallest absolute Gasteiger partial charge is 0.226 e. The van der Waals surface area contributed by atoms with Gasteiger partial charge < -0.3 is 14.3 Å². The normalized spacial score (nSPS) is 12.0. The van der Waals surface area contributed by atoms with Crippen molar-refractivity contribution in [1.29, 1.82) is 0 Å². The molecule has 0 saturated carbocycles. The summed E-state index contributed by atoms with van der Waals surface area (Å²) in [6.45, 7) is 0. The first-order valence-corrected chi connectivity index (χ1v) is 6.68. The third-order valence-electron chi connectivity index (χ3n) is 3.18. The molecule has 0 saturated heterocycles. The van der Waals surface area contributed by atoms with Crippen molar-refractivity contribution in [1.82, 2.24) is 9.55 Å². The predicted molar refractivity (Wildman–Crippen MR) is 78.8 cm³/mol. The van der Waals surface area contributed by atoms with Crippen molar-refractivity contribution in [2.75, 3.05) is 5.32 Å². The molecule has 3 heterocycles. The number of pyridine rings is 1. The lowest BCUT2D eigenvalue weighted by molar-refractivity contribution is -0.116. The van der Waals surface area contributed by atoms with Gasteiger partial charge in [0.1, 0.15) is 5.76 Å². The molecule has 0 aliphatic heterocycles. The van der Waals surface area contributed by atoms with Gasteiger partial charge in [0.2, 0.25) is 5.91 Å². The highest BCUT2D eigenvalue weighted by atomic mass is 16.3. The average molecular weight is 281 g/mol. The van der Waals surface area contributed by atoms with E-state index in [1.54, 1.807) is 24.7 Å². The molecule has 3 aromatic rings. The minimum atomic E-state index is -0.160. The standard InChI is InChI=1S/C16H15N3O2/c20-16(18-13-5-3-7-17-12-13)11-14(15-6-4-10-21-15)19-8-1-2-9-19/h1-10,12,14H,11H2,(H,18,20). The maximum absolute atomic E-state index is 12.2. The van der Waals surface area contributed by atoms with Gasteiger partial charge in [-0.25, -0.2) is 0 Å². The number of nitrogens with one attached hydrogen (secondary N) is 1. The number of carbonyl (C=O) groups is 1. The zero-order valence-electron chi connectivity index (χ0n) is 11.3. The Morgan fingerprint density at radius 3 is 2.76 bits per heavy atom. The van der Waals surface area contributed by atoms with Gasteiger partial charge in [-0.3, -0.25) is 9.78 Å². The number of carbonyl (C=O) groups excluding carboxylic acids is 1. The van der Waals surface area contributed by atoms with Crippen LogP contribution in [0.25, 0.3) is 0 Å². The van der Waals surface area contributed by atoms with E-state index in [1.807, 2.05) is 47.3 Å². The van der Waals surface area contributed by atoms with Crippen LogP contribution in [0.5, 0.6) is 0 Å². The lowest BCUT2D eigenvalue weighted by Gasteiger charge is -2.16. The quantitative estimate of drug-likeness (QED) is 0.781. The molecule has 3 aromatic heterocycles. The van der Waals surface area contributed by atoms with Crippen LogP contribution in [0.15, 0.2) is 71.9 Å². The van der Waals surface area contributed by atoms with Gasteiger partial charge >= 0.3 is 0 Å². The summed E-state index contributed by atoms with van der Waals surface area (Å²) in [7, 11) is 0. The molecule has 0 fully saturated rings. The molecular formula is C16H15N3O2. The third-order valence-corrected chi connectivity index (χ3v) is 3.18. The van der Waals surface area contributed by atoms with E-state index in [2.05, 4.69) is 10.3 Å². The van der Waals surface area contributed by atoms with Crippen LogP contribution in [0.3, 0.4) is 0 Å². The van der Waals surface area contributed by atoms with Crippen LogP contribution in [0.1, 0.15) is 18.2 Å². The van der Waals surface area contributed by atoms with Gasteiger partial charge in [0, 0.05) is 18.6 Å². The van der Waals surface area contributed by atoms with Crippen LogP contribution in [0, 0.1) is 0 Å². The molecule has 0 spiro atoms. The van der Waals surface area contributed by atoms with Crippen molar-refractivity contribution in [3.8, 4) is 0 Å². The van der Waals surface area contributed by atoms with Crippen LogP contribution < -0.4 is 5.32 Å². The second-order valence-corrected chi connectivity index (χ2v) is 4.66. The first-order valence-electron chi connectivity index (χ1n) is 6.68. The highest BCUT2D eigenvalue weighted by Gasteiger charge is 2.19. The fraction of sp³-hybridized carbons (Fsp3) is 0.125. The summed E-state index contributed by atoms with van der Waals surface area (Å²) in [5.41, 5.74) is 0.688. The van der Waals surface area contributed by atoms with Gasteiger partial charge in [-0.05, 0) is 36.4 Å². The SMILES string of the molecule is O=C(CC(c1ccco1)n1cccc1)Nc1cccnc1. The molecule has 1 unspecified atom stereocenters. The molecule has 5 nitrogen and oxygen atoms in total. The van der Waals surface area contributed by atoms with E-state index in [9.17, 15) is 4.79 Å². The number of aromatic nitrogens is 2. The van der Waals surface area contributed by atoms with E-state index < -0.39 is 0 Å². The molecule has 1 atom stereocenters. The van der Waals surface area contributed by atoms with Crippen molar-refractivity contribution in [3.63, 3.8) is 0 Å². The number of rotatable bonds is 5. The zero-order valence-corrected chi connectivity index (χ0v) is 11.3. The largest absolute Gasteiger partial charge is 0.467 e. The van der Waals surface area contributed by atoms with Crippen molar-refractivity contribution in [2.24, 2.45) is 0 Å². The maximum Gasteiger partial charge on any atom is 0.226 e. The highest BCUT2D eigenvalue weighted by Crippen LogP contribution is 2.23. The summed E-state index contributed by atoms with van der Waals surface area (Å²) in [6.07, 6.45) is 9.04. The van der Waals surface area contributed by atoms with E-state index in [-0.39, 0.29) is 18.4 Å². The second kappa shape index (κ2) is 6.09. The number of hydrogen-bond donors (Lipinski definition) is 1. The molecular weight excluding hydrogens is 266 g/mol. The Hall–Kier alpha value is -2.82. The Morgan fingerprint density at radius 2 is 2.10 bits per heavy atom. The summed E-state index contributed by atoms with van der Waals surface area (Å²) in [6, 6.07) is 11.0. The monoisotopic (exact) mass is 281 g/mol. The Balaban J connectivity index is 1.75. The summed E-state index contributed by atoms with van der Waals surface area (Å²) in [5.74, 6) is 0.672. The first kappa shape index (κ1) is 13.2. The van der Waals surface area contributed by atoms with Gasteiger partial charge in [0.05, 0.1) is 30.6 Å². The fourth-order valence-electron chi connectivity index (χ4n) is 2.21. The molecule has 0 radical (unpaired) electrons. The Bertz CT molecular complexity index is 641. The van der Waals surface area contributed by atoms with Gasteiger partial charge in [-0.1, -0.05) is 0 Å². The lowest BCUT2D eigenvalue weighted by atomic mass is 10.1. The molecule has 0 aliphatic carbocycles. The maximum atomic E-state index is 12.2. The molecule has 3 rings (SSSR count). The van der Waals surface area contributed by atoms with Crippen LogP contribution in [-0.4, -0.2) is 15.5 Å². The minimum absolute atomic E-state index is 0.0851. The summed E-state index contributed by atoms with van der Waals surface area (Å²) >= 11 is 0. The Morgan fingerprint density at radius 1 is 1.24 bits per heavy atom. The summed E-state index contributed by atoms with van der Waals surface area (Å²) < 4.78 is 7.42. The number of nitrogens with zero attached hydrogens (tertiary/aromatic N) is 2. The summed E-state index contributed by atoms with van der Waals surface area (Å²) in [5, 5.41) is 2.84.